The summed E-state index contributed by atoms with van der Waals surface area (Å²) >= 11 is 0. The standard InChI is InChI=1S/C15H12N4/c1-10-5-6-11(8-16)7-14(10)19-13-4-2-3-12(9-17)15(13)18/h2-7,19H,18H2,1H3. The Morgan fingerprint density at radius 1 is 1.05 bits per heavy atom. The van der Waals surface area contributed by atoms with Gasteiger partial charge in [-0.25, -0.2) is 0 Å². The second kappa shape index (κ2) is 5.12. The van der Waals surface area contributed by atoms with Crippen molar-refractivity contribution >= 4 is 17.1 Å². The predicted octanol–water partition coefficient (Wildman–Crippen LogP) is 3.06. The number of nitrogens with one attached hydrogen (secondary N) is 1. The second-order valence-corrected chi connectivity index (χ2v) is 4.15. The highest BCUT2D eigenvalue weighted by atomic mass is 14.9. The van der Waals surface area contributed by atoms with E-state index < -0.39 is 0 Å². The first-order valence-corrected chi connectivity index (χ1v) is 5.72. The van der Waals surface area contributed by atoms with Gasteiger partial charge in [0.1, 0.15) is 6.07 Å². The summed E-state index contributed by atoms with van der Waals surface area (Å²) in [5, 5.41) is 21.0. The highest BCUT2D eigenvalue weighted by Crippen LogP contribution is 2.28. The molecule has 3 N–H and O–H groups in total. The fraction of sp³-hybridized carbons (Fsp3) is 0.0667. The van der Waals surface area contributed by atoms with E-state index in [0.717, 1.165) is 11.3 Å². The Morgan fingerprint density at radius 3 is 2.53 bits per heavy atom. The van der Waals surface area contributed by atoms with E-state index in [4.69, 9.17) is 16.3 Å². The van der Waals surface area contributed by atoms with Crippen LogP contribution >= 0.6 is 0 Å². The van der Waals surface area contributed by atoms with Gasteiger partial charge in [-0.3, -0.25) is 0 Å². The third-order valence-corrected chi connectivity index (χ3v) is 2.86. The smallest absolute Gasteiger partial charge is 0.101 e. The van der Waals surface area contributed by atoms with Crippen molar-refractivity contribution in [1.82, 2.24) is 0 Å². The third-order valence-electron chi connectivity index (χ3n) is 2.86. The van der Waals surface area contributed by atoms with E-state index in [2.05, 4.69) is 11.4 Å². The molecule has 92 valence electrons. The van der Waals surface area contributed by atoms with Crippen molar-refractivity contribution in [3.8, 4) is 12.1 Å². The lowest BCUT2D eigenvalue weighted by atomic mass is 10.1. The van der Waals surface area contributed by atoms with E-state index >= 15 is 0 Å². The SMILES string of the molecule is Cc1ccc(C#N)cc1Nc1cccc(C#N)c1N. The highest BCUT2D eigenvalue weighted by Gasteiger charge is 2.06. The normalized spacial score (nSPS) is 9.42. The summed E-state index contributed by atoms with van der Waals surface area (Å²) in [5.41, 5.74) is 9.79. The lowest BCUT2D eigenvalue weighted by molar-refractivity contribution is 1.40. The van der Waals surface area contributed by atoms with Gasteiger partial charge >= 0.3 is 0 Å². The van der Waals surface area contributed by atoms with Crippen LogP contribution in [-0.2, 0) is 0 Å². The highest BCUT2D eigenvalue weighted by molar-refractivity contribution is 5.78. The largest absolute Gasteiger partial charge is 0.396 e. The van der Waals surface area contributed by atoms with Crippen LogP contribution in [0.3, 0.4) is 0 Å². The van der Waals surface area contributed by atoms with Gasteiger partial charge in [0.05, 0.1) is 28.6 Å². The maximum absolute atomic E-state index is 8.94. The first-order valence-electron chi connectivity index (χ1n) is 5.72. The molecule has 0 atom stereocenters. The van der Waals surface area contributed by atoms with E-state index in [0.29, 0.717) is 22.5 Å². The van der Waals surface area contributed by atoms with Crippen molar-refractivity contribution in [3.63, 3.8) is 0 Å². The molecule has 0 spiro atoms. The van der Waals surface area contributed by atoms with E-state index in [1.807, 2.05) is 19.1 Å². The van der Waals surface area contributed by atoms with Crippen LogP contribution in [-0.4, -0.2) is 0 Å². The molecule has 2 aromatic rings. The fourth-order valence-electron chi connectivity index (χ4n) is 1.74. The molecule has 0 bridgehead atoms. The van der Waals surface area contributed by atoms with E-state index in [1.165, 1.54) is 0 Å². The first-order chi connectivity index (χ1) is 9.15. The van der Waals surface area contributed by atoms with Gasteiger partial charge in [0.15, 0.2) is 0 Å². The summed E-state index contributed by atoms with van der Waals surface area (Å²) in [7, 11) is 0. The van der Waals surface area contributed by atoms with E-state index in [9.17, 15) is 0 Å². The number of nitrogens with two attached hydrogens (primary N) is 1. The summed E-state index contributed by atoms with van der Waals surface area (Å²) in [5.74, 6) is 0. The molecule has 2 aromatic carbocycles. The van der Waals surface area contributed by atoms with Crippen molar-refractivity contribution in [2.24, 2.45) is 0 Å². The minimum Gasteiger partial charge on any atom is -0.396 e. The number of aryl methyl sites for hydroxylation is 1. The molecule has 0 aliphatic carbocycles. The summed E-state index contributed by atoms with van der Waals surface area (Å²) in [6, 6.07) is 14.7. The van der Waals surface area contributed by atoms with Gasteiger partial charge in [0, 0.05) is 5.69 Å². The molecule has 0 aliphatic heterocycles. The maximum atomic E-state index is 8.94. The Hall–Kier alpha value is -2.98. The number of hydrogen-bond acceptors (Lipinski definition) is 4. The minimum absolute atomic E-state index is 0.409. The zero-order valence-corrected chi connectivity index (χ0v) is 10.4. The van der Waals surface area contributed by atoms with Gasteiger partial charge < -0.3 is 11.1 Å². The number of para-hydroxylation sites is 1. The van der Waals surface area contributed by atoms with Gasteiger partial charge in [-0.2, -0.15) is 10.5 Å². The topological polar surface area (TPSA) is 85.6 Å². The molecule has 0 saturated carbocycles. The Balaban J connectivity index is 2.43. The average Bonchev–Trinajstić information content (AvgIpc) is 2.43. The molecule has 0 radical (unpaired) electrons. The molecule has 19 heavy (non-hydrogen) atoms. The Kier molecular flexibility index (Phi) is 3.36. The monoisotopic (exact) mass is 248 g/mol. The molecule has 0 aliphatic rings. The number of benzene rings is 2. The molecule has 0 fully saturated rings. The van der Waals surface area contributed by atoms with Gasteiger partial charge in [-0.1, -0.05) is 12.1 Å². The molecule has 0 unspecified atom stereocenters. The zero-order valence-electron chi connectivity index (χ0n) is 10.4. The molecule has 2 rings (SSSR count). The average molecular weight is 248 g/mol. The Morgan fingerprint density at radius 2 is 1.84 bits per heavy atom. The summed E-state index contributed by atoms with van der Waals surface area (Å²) in [4.78, 5) is 0. The second-order valence-electron chi connectivity index (χ2n) is 4.15. The molecule has 0 amide bonds. The third kappa shape index (κ3) is 2.48. The van der Waals surface area contributed by atoms with Crippen LogP contribution in [0, 0.1) is 29.6 Å². The van der Waals surface area contributed by atoms with Crippen LogP contribution in [0.25, 0.3) is 0 Å². The number of nitrogens with zero attached hydrogens (tertiary/aromatic N) is 2. The molecule has 0 saturated heterocycles. The lowest BCUT2D eigenvalue weighted by Crippen LogP contribution is -2.00. The summed E-state index contributed by atoms with van der Waals surface area (Å²) in [6.45, 7) is 1.94. The number of hydrogen-bond donors (Lipinski definition) is 2. The fourth-order valence-corrected chi connectivity index (χ4v) is 1.74. The first kappa shape index (κ1) is 12.5. The van der Waals surface area contributed by atoms with Crippen LogP contribution in [0.2, 0.25) is 0 Å². The molecular formula is C15H12N4. The molecule has 0 heterocycles. The number of nitrogen functional groups attached to an aromatic ring is 1. The summed E-state index contributed by atoms with van der Waals surface area (Å²) in [6.07, 6.45) is 0. The van der Waals surface area contributed by atoms with Crippen LogP contribution in [0.5, 0.6) is 0 Å². The van der Waals surface area contributed by atoms with Gasteiger partial charge in [0.2, 0.25) is 0 Å². The number of anilines is 3. The molecule has 0 aromatic heterocycles. The van der Waals surface area contributed by atoms with Crippen LogP contribution in [0.1, 0.15) is 16.7 Å². The Labute approximate surface area is 111 Å². The minimum atomic E-state index is 0.409. The van der Waals surface area contributed by atoms with Crippen LogP contribution < -0.4 is 11.1 Å². The molecule has 4 nitrogen and oxygen atoms in total. The molecular weight excluding hydrogens is 236 g/mol. The maximum Gasteiger partial charge on any atom is 0.101 e. The Bertz CT molecular complexity index is 705. The van der Waals surface area contributed by atoms with Crippen LogP contribution in [0.15, 0.2) is 36.4 Å². The number of nitriles is 2. The molecule has 4 heteroatoms. The van der Waals surface area contributed by atoms with Crippen LogP contribution in [0.4, 0.5) is 17.1 Å². The lowest BCUT2D eigenvalue weighted by Gasteiger charge is -2.12. The predicted molar refractivity (Wildman–Crippen MR) is 74.7 cm³/mol. The van der Waals surface area contributed by atoms with Crippen molar-refractivity contribution in [2.75, 3.05) is 11.1 Å². The zero-order chi connectivity index (χ0) is 13.8. The van der Waals surface area contributed by atoms with Crippen molar-refractivity contribution in [1.29, 1.82) is 10.5 Å². The van der Waals surface area contributed by atoms with Gasteiger partial charge in [-0.05, 0) is 36.8 Å². The van der Waals surface area contributed by atoms with E-state index in [1.54, 1.807) is 30.3 Å². The van der Waals surface area contributed by atoms with Crippen molar-refractivity contribution in [3.05, 3.63) is 53.1 Å². The van der Waals surface area contributed by atoms with Gasteiger partial charge in [0.25, 0.3) is 0 Å². The van der Waals surface area contributed by atoms with E-state index in [-0.39, 0.29) is 0 Å². The summed E-state index contributed by atoms with van der Waals surface area (Å²) < 4.78 is 0. The quantitative estimate of drug-likeness (QED) is 0.800. The van der Waals surface area contributed by atoms with Gasteiger partial charge in [-0.15, -0.1) is 0 Å². The number of rotatable bonds is 2. The van der Waals surface area contributed by atoms with Crippen molar-refractivity contribution in [2.45, 2.75) is 6.92 Å². The van der Waals surface area contributed by atoms with Crippen molar-refractivity contribution < 1.29 is 0 Å².